The minimum atomic E-state index is -1.18. The number of rotatable bonds is 4. The zero-order chi connectivity index (χ0) is 17.0. The molecule has 0 aliphatic carbocycles. The van der Waals surface area contributed by atoms with Crippen molar-refractivity contribution in [3.8, 4) is 0 Å². The summed E-state index contributed by atoms with van der Waals surface area (Å²) in [6.07, 6.45) is 0. The highest BCUT2D eigenvalue weighted by molar-refractivity contribution is 6.33. The van der Waals surface area contributed by atoms with Crippen LogP contribution in [0.2, 0.25) is 5.02 Å². The smallest absolute Gasteiger partial charge is 0.253 e. The minimum Gasteiger partial charge on any atom is -0.357 e. The highest BCUT2D eigenvalue weighted by Crippen LogP contribution is 2.20. The van der Waals surface area contributed by atoms with Crippen molar-refractivity contribution in [2.45, 2.75) is 6.04 Å². The molecule has 0 unspecified atom stereocenters. The molecular weight excluding hydrogens is 326 g/mol. The van der Waals surface area contributed by atoms with Gasteiger partial charge in [-0.15, -0.1) is 0 Å². The molecule has 2 N–H and O–H groups in total. The van der Waals surface area contributed by atoms with Gasteiger partial charge in [-0.3, -0.25) is 9.59 Å². The lowest BCUT2D eigenvalue weighted by Gasteiger charge is -2.18. The lowest BCUT2D eigenvalue weighted by atomic mass is 10.0. The van der Waals surface area contributed by atoms with E-state index in [0.29, 0.717) is 0 Å². The Labute approximate surface area is 136 Å². The largest absolute Gasteiger partial charge is 0.357 e. The third kappa shape index (κ3) is 3.84. The average molecular weight is 339 g/mol. The van der Waals surface area contributed by atoms with Crippen molar-refractivity contribution >= 4 is 23.4 Å². The van der Waals surface area contributed by atoms with E-state index in [-0.39, 0.29) is 16.1 Å². The van der Waals surface area contributed by atoms with E-state index in [2.05, 4.69) is 10.6 Å². The van der Waals surface area contributed by atoms with E-state index in [1.807, 2.05) is 0 Å². The highest BCUT2D eigenvalue weighted by Gasteiger charge is 2.24. The van der Waals surface area contributed by atoms with E-state index in [0.717, 1.165) is 12.1 Å². The number of halogens is 3. The van der Waals surface area contributed by atoms with Crippen LogP contribution in [-0.2, 0) is 4.79 Å². The summed E-state index contributed by atoms with van der Waals surface area (Å²) in [5.74, 6) is -3.32. The number of nitrogens with one attached hydrogen (secondary N) is 2. The molecule has 0 spiro atoms. The first kappa shape index (κ1) is 16.9. The van der Waals surface area contributed by atoms with Gasteiger partial charge in [0.25, 0.3) is 5.91 Å². The molecule has 0 saturated carbocycles. The van der Waals surface area contributed by atoms with Gasteiger partial charge in [-0.2, -0.15) is 0 Å². The fraction of sp³-hybridized carbons (Fsp3) is 0.125. The molecule has 2 aromatic rings. The summed E-state index contributed by atoms with van der Waals surface area (Å²) in [5, 5.41) is 5.04. The van der Waals surface area contributed by atoms with Crippen molar-refractivity contribution in [2.24, 2.45) is 0 Å². The van der Waals surface area contributed by atoms with Gasteiger partial charge in [0.05, 0.1) is 10.6 Å². The molecule has 7 heteroatoms. The molecule has 0 bridgehead atoms. The summed E-state index contributed by atoms with van der Waals surface area (Å²) in [6.45, 7) is 0. The summed E-state index contributed by atoms with van der Waals surface area (Å²) in [7, 11) is 1.37. The molecule has 120 valence electrons. The molecule has 1 atom stereocenters. The summed E-state index contributed by atoms with van der Waals surface area (Å²) in [4.78, 5) is 24.3. The Morgan fingerprint density at radius 3 is 2.39 bits per heavy atom. The van der Waals surface area contributed by atoms with Gasteiger partial charge in [-0.05, 0) is 29.8 Å². The van der Waals surface area contributed by atoms with E-state index in [9.17, 15) is 18.4 Å². The van der Waals surface area contributed by atoms with Crippen molar-refractivity contribution in [3.05, 3.63) is 70.2 Å². The van der Waals surface area contributed by atoms with Crippen LogP contribution in [-0.4, -0.2) is 18.9 Å². The Kier molecular flexibility index (Phi) is 5.28. The van der Waals surface area contributed by atoms with Crippen LogP contribution in [0.5, 0.6) is 0 Å². The van der Waals surface area contributed by atoms with Gasteiger partial charge in [-0.25, -0.2) is 8.78 Å². The van der Waals surface area contributed by atoms with Crippen LogP contribution < -0.4 is 10.6 Å². The third-order valence-corrected chi connectivity index (χ3v) is 3.51. The number of carbonyl (C=O) groups excluding carboxylic acids is 2. The van der Waals surface area contributed by atoms with Crippen LogP contribution in [0.25, 0.3) is 0 Å². The topological polar surface area (TPSA) is 58.2 Å². The van der Waals surface area contributed by atoms with Gasteiger partial charge in [0, 0.05) is 7.05 Å². The SMILES string of the molecule is CNC(=O)[C@@H](NC(=O)c1ccccc1Cl)c1ccc(F)c(F)c1. The summed E-state index contributed by atoms with van der Waals surface area (Å²) in [5.41, 5.74) is 0.286. The van der Waals surface area contributed by atoms with E-state index in [4.69, 9.17) is 11.6 Å². The van der Waals surface area contributed by atoms with Crippen LogP contribution in [0, 0.1) is 11.6 Å². The van der Waals surface area contributed by atoms with Gasteiger partial charge < -0.3 is 10.6 Å². The number of amides is 2. The maximum absolute atomic E-state index is 13.4. The predicted molar refractivity (Wildman–Crippen MR) is 82.1 cm³/mol. The number of benzene rings is 2. The van der Waals surface area contributed by atoms with Crippen LogP contribution in [0.1, 0.15) is 22.0 Å². The second-order valence-electron chi connectivity index (χ2n) is 4.67. The quantitative estimate of drug-likeness (QED) is 0.900. The third-order valence-electron chi connectivity index (χ3n) is 3.18. The van der Waals surface area contributed by atoms with E-state index >= 15 is 0 Å². The van der Waals surface area contributed by atoms with Gasteiger partial charge in [-0.1, -0.05) is 29.8 Å². The van der Waals surface area contributed by atoms with Crippen LogP contribution in [0.15, 0.2) is 42.5 Å². The van der Waals surface area contributed by atoms with Crippen LogP contribution in [0.3, 0.4) is 0 Å². The molecule has 0 aliphatic heterocycles. The lowest BCUT2D eigenvalue weighted by molar-refractivity contribution is -0.122. The molecule has 23 heavy (non-hydrogen) atoms. The van der Waals surface area contributed by atoms with Gasteiger partial charge in [0.1, 0.15) is 6.04 Å². The van der Waals surface area contributed by atoms with Gasteiger partial charge >= 0.3 is 0 Å². The van der Waals surface area contributed by atoms with Crippen molar-refractivity contribution in [2.75, 3.05) is 7.05 Å². The average Bonchev–Trinajstić information content (AvgIpc) is 2.54. The molecule has 0 saturated heterocycles. The van der Waals surface area contributed by atoms with E-state index in [1.165, 1.54) is 25.2 Å². The van der Waals surface area contributed by atoms with E-state index in [1.54, 1.807) is 12.1 Å². The Hall–Kier alpha value is -2.47. The van der Waals surface area contributed by atoms with Gasteiger partial charge in [0.15, 0.2) is 11.6 Å². The molecule has 0 heterocycles. The molecule has 0 fully saturated rings. The first-order chi connectivity index (χ1) is 10.9. The van der Waals surface area contributed by atoms with E-state index < -0.39 is 29.5 Å². The molecular formula is C16H13ClF2N2O2. The van der Waals surface area contributed by atoms with Gasteiger partial charge in [0.2, 0.25) is 5.91 Å². The first-order valence-electron chi connectivity index (χ1n) is 6.66. The Morgan fingerprint density at radius 1 is 1.09 bits per heavy atom. The normalized spacial score (nSPS) is 11.7. The zero-order valence-electron chi connectivity index (χ0n) is 12.1. The van der Waals surface area contributed by atoms with Crippen LogP contribution >= 0.6 is 11.6 Å². The second kappa shape index (κ2) is 7.19. The molecule has 2 amide bonds. The highest BCUT2D eigenvalue weighted by atomic mass is 35.5. The maximum atomic E-state index is 13.4. The number of hydrogen-bond acceptors (Lipinski definition) is 2. The zero-order valence-corrected chi connectivity index (χ0v) is 12.8. The monoisotopic (exact) mass is 338 g/mol. The summed E-state index contributed by atoms with van der Waals surface area (Å²) < 4.78 is 26.4. The number of likely N-dealkylation sites (N-methyl/N-ethyl adjacent to an activating group) is 1. The maximum Gasteiger partial charge on any atom is 0.253 e. The number of carbonyl (C=O) groups is 2. The van der Waals surface area contributed by atoms with Crippen molar-refractivity contribution in [1.82, 2.24) is 10.6 Å². The Bertz CT molecular complexity index is 753. The standard InChI is InChI=1S/C16H13ClF2N2O2/c1-20-16(23)14(9-6-7-12(18)13(19)8-9)21-15(22)10-4-2-3-5-11(10)17/h2-8,14H,1H3,(H,20,23)(H,21,22)/t14-/m0/s1. The molecule has 0 aliphatic rings. The molecule has 4 nitrogen and oxygen atoms in total. The lowest BCUT2D eigenvalue weighted by Crippen LogP contribution is -2.39. The molecule has 0 aromatic heterocycles. The second-order valence-corrected chi connectivity index (χ2v) is 5.08. The molecule has 0 radical (unpaired) electrons. The summed E-state index contributed by atoms with van der Waals surface area (Å²) >= 11 is 5.94. The first-order valence-corrected chi connectivity index (χ1v) is 7.03. The minimum absolute atomic E-state index is 0.114. The Balaban J connectivity index is 2.33. The van der Waals surface area contributed by atoms with Crippen LogP contribution in [0.4, 0.5) is 8.78 Å². The fourth-order valence-corrected chi connectivity index (χ4v) is 2.21. The Morgan fingerprint density at radius 2 is 1.78 bits per heavy atom. The number of hydrogen-bond donors (Lipinski definition) is 2. The molecule has 2 aromatic carbocycles. The predicted octanol–water partition coefficient (Wildman–Crippen LogP) is 2.84. The molecule has 2 rings (SSSR count). The van der Waals surface area contributed by atoms with Crippen molar-refractivity contribution in [3.63, 3.8) is 0 Å². The summed E-state index contributed by atoms with van der Waals surface area (Å²) in [6, 6.07) is 8.10. The van der Waals surface area contributed by atoms with Crippen molar-refractivity contribution in [1.29, 1.82) is 0 Å². The fourth-order valence-electron chi connectivity index (χ4n) is 1.99. The van der Waals surface area contributed by atoms with Crippen molar-refractivity contribution < 1.29 is 18.4 Å².